The van der Waals surface area contributed by atoms with Gasteiger partial charge in [-0.05, 0) is 49.4 Å². The van der Waals surface area contributed by atoms with Crippen LogP contribution >= 0.6 is 0 Å². The Bertz CT molecular complexity index is 1410. The van der Waals surface area contributed by atoms with Crippen molar-refractivity contribution in [2.45, 2.75) is 13.1 Å². The first kappa shape index (κ1) is 17.7. The normalized spacial score (nSPS) is 14.1. The van der Waals surface area contributed by atoms with E-state index in [0.717, 1.165) is 11.3 Å². The van der Waals surface area contributed by atoms with Crippen molar-refractivity contribution in [3.05, 3.63) is 73.1 Å². The molecule has 3 aromatic carbocycles. The molecule has 1 aliphatic rings. The van der Waals surface area contributed by atoms with E-state index in [1.165, 1.54) is 42.8 Å². The third-order valence-corrected chi connectivity index (χ3v) is 9.32. The molecule has 0 amide bonds. The van der Waals surface area contributed by atoms with Crippen molar-refractivity contribution in [1.29, 1.82) is 0 Å². The smallest absolute Gasteiger partial charge is 0.0876 e. The minimum atomic E-state index is -1.95. The number of rotatable bonds is 0. The maximum atomic E-state index is 4.79. The average molecular weight is 554 g/mol. The fourth-order valence-corrected chi connectivity index (χ4v) is 7.54. The summed E-state index contributed by atoms with van der Waals surface area (Å²) in [4.78, 5) is 9.56. The van der Waals surface area contributed by atoms with Crippen LogP contribution in [0.5, 0.6) is 0 Å². The monoisotopic (exact) mass is 554 g/mol. The summed E-state index contributed by atoms with van der Waals surface area (Å²) in [7, 11) is -1.95. The van der Waals surface area contributed by atoms with Gasteiger partial charge in [-0.25, -0.2) is 0 Å². The largest absolute Gasteiger partial charge is 0.359 e. The van der Waals surface area contributed by atoms with Crippen molar-refractivity contribution in [1.82, 2.24) is 9.97 Å². The van der Waals surface area contributed by atoms with Crippen LogP contribution in [0.2, 0.25) is 13.1 Å². The molecule has 2 nitrogen and oxygen atoms in total. The molecule has 0 fully saturated rings. The standard InChI is InChI=1S/C24H17N2Si.Ir/c1-27(2)21-14-20-16-7-4-3-6-15(16)9-10-17(20)18-11-13-25-23(22(18)21)19-8-5-12-26-24(19)27;/h3-7,9-14H,1-2H3;/q-1;. The molecule has 0 unspecified atom stereocenters. The van der Waals surface area contributed by atoms with Crippen molar-refractivity contribution in [3.8, 4) is 11.3 Å². The van der Waals surface area contributed by atoms with Gasteiger partial charge < -0.3 is 9.97 Å². The molecule has 0 N–H and O–H groups in total. The molecule has 137 valence electrons. The van der Waals surface area contributed by atoms with Crippen LogP contribution in [0.25, 0.3) is 43.6 Å². The molecule has 0 aliphatic carbocycles. The second-order valence-electron chi connectivity index (χ2n) is 7.83. The van der Waals surface area contributed by atoms with E-state index in [2.05, 4.69) is 67.7 Å². The Balaban J connectivity index is 0.00000171. The van der Waals surface area contributed by atoms with Gasteiger partial charge in [0.15, 0.2) is 0 Å². The van der Waals surface area contributed by atoms with Crippen LogP contribution in [0.4, 0.5) is 0 Å². The molecular weight excluding hydrogens is 537 g/mol. The summed E-state index contributed by atoms with van der Waals surface area (Å²) < 4.78 is 0. The Morgan fingerprint density at radius 2 is 1.68 bits per heavy atom. The van der Waals surface area contributed by atoms with Gasteiger partial charge in [-0.1, -0.05) is 66.9 Å². The minimum Gasteiger partial charge on any atom is -0.359 e. The topological polar surface area (TPSA) is 25.8 Å². The van der Waals surface area contributed by atoms with Gasteiger partial charge in [0.1, 0.15) is 0 Å². The predicted octanol–water partition coefficient (Wildman–Crippen LogP) is 4.54. The summed E-state index contributed by atoms with van der Waals surface area (Å²) in [5, 5.41) is 10.4. The molecule has 1 radical (unpaired) electrons. The molecule has 0 saturated carbocycles. The van der Waals surface area contributed by atoms with Gasteiger partial charge in [-0.2, -0.15) is 0 Å². The van der Waals surface area contributed by atoms with E-state index >= 15 is 0 Å². The molecule has 5 aromatic rings. The molecule has 4 heteroatoms. The Morgan fingerprint density at radius 1 is 0.821 bits per heavy atom. The van der Waals surface area contributed by atoms with Crippen LogP contribution in [-0.4, -0.2) is 18.0 Å². The van der Waals surface area contributed by atoms with E-state index in [4.69, 9.17) is 9.97 Å². The summed E-state index contributed by atoms with van der Waals surface area (Å²) in [6, 6.07) is 23.1. The van der Waals surface area contributed by atoms with E-state index < -0.39 is 8.07 Å². The Hall–Kier alpha value is -2.39. The Labute approximate surface area is 178 Å². The van der Waals surface area contributed by atoms with Crippen molar-refractivity contribution >= 4 is 50.9 Å². The molecule has 0 atom stereocenters. The van der Waals surface area contributed by atoms with Crippen LogP contribution in [0, 0.1) is 6.07 Å². The first-order valence-corrected chi connectivity index (χ1v) is 12.3. The predicted molar refractivity (Wildman–Crippen MR) is 116 cm³/mol. The fourth-order valence-electron chi connectivity index (χ4n) is 4.69. The number of hydrogen-bond acceptors (Lipinski definition) is 2. The summed E-state index contributed by atoms with van der Waals surface area (Å²) >= 11 is 0. The zero-order chi connectivity index (χ0) is 18.2. The van der Waals surface area contributed by atoms with Crippen LogP contribution < -0.4 is 10.5 Å². The Morgan fingerprint density at radius 3 is 2.57 bits per heavy atom. The number of fused-ring (bicyclic) bond motifs is 6. The Kier molecular flexibility index (Phi) is 3.82. The second-order valence-corrected chi connectivity index (χ2v) is 12.1. The zero-order valence-corrected chi connectivity index (χ0v) is 19.0. The quantitative estimate of drug-likeness (QED) is 0.160. The van der Waals surface area contributed by atoms with E-state index in [1.807, 2.05) is 18.5 Å². The maximum Gasteiger partial charge on any atom is 0.0876 e. The molecule has 28 heavy (non-hydrogen) atoms. The molecular formula is C24H17IrN2Si-. The van der Waals surface area contributed by atoms with E-state index in [1.54, 1.807) is 0 Å². The molecule has 6 rings (SSSR count). The van der Waals surface area contributed by atoms with Gasteiger partial charge in [0.05, 0.1) is 8.07 Å². The third-order valence-electron chi connectivity index (χ3n) is 6.01. The fraction of sp³-hybridized carbons (Fsp3) is 0.0833. The van der Waals surface area contributed by atoms with Crippen molar-refractivity contribution in [2.75, 3.05) is 0 Å². The number of hydrogen-bond donors (Lipinski definition) is 0. The van der Waals surface area contributed by atoms with E-state index in [-0.39, 0.29) is 20.1 Å². The van der Waals surface area contributed by atoms with Crippen LogP contribution in [0.1, 0.15) is 0 Å². The van der Waals surface area contributed by atoms with Gasteiger partial charge >= 0.3 is 0 Å². The number of aromatic nitrogens is 2. The van der Waals surface area contributed by atoms with Gasteiger partial charge in [0.25, 0.3) is 0 Å². The molecule has 3 heterocycles. The minimum absolute atomic E-state index is 0. The van der Waals surface area contributed by atoms with Gasteiger partial charge in [-0.15, -0.1) is 17.7 Å². The molecule has 1 aliphatic heterocycles. The summed E-state index contributed by atoms with van der Waals surface area (Å²) in [6.45, 7) is 4.79. The zero-order valence-electron chi connectivity index (χ0n) is 15.6. The van der Waals surface area contributed by atoms with Crippen LogP contribution in [0.15, 0.2) is 67.0 Å². The number of benzene rings is 3. The van der Waals surface area contributed by atoms with Crippen molar-refractivity contribution in [3.63, 3.8) is 0 Å². The van der Waals surface area contributed by atoms with Gasteiger partial charge in [0, 0.05) is 26.3 Å². The summed E-state index contributed by atoms with van der Waals surface area (Å²) in [5.41, 5.74) is 2.12. The van der Waals surface area contributed by atoms with Crippen LogP contribution in [0.3, 0.4) is 0 Å². The molecule has 0 bridgehead atoms. The van der Waals surface area contributed by atoms with E-state index in [0.29, 0.717) is 0 Å². The maximum absolute atomic E-state index is 4.79. The second kappa shape index (κ2) is 6.05. The van der Waals surface area contributed by atoms with Crippen molar-refractivity contribution < 1.29 is 20.1 Å². The summed E-state index contributed by atoms with van der Waals surface area (Å²) in [5.74, 6) is 0. The van der Waals surface area contributed by atoms with Gasteiger partial charge in [0.2, 0.25) is 0 Å². The average Bonchev–Trinajstić information content (AvgIpc) is 2.71. The number of pyridine rings is 2. The SMILES string of the molecule is C[Si]1(C)c2ncc[c-]c2-c2nccc3c2c1cc1c2ccccc2ccc31.[Ir]. The van der Waals surface area contributed by atoms with Gasteiger partial charge in [-0.3, -0.25) is 0 Å². The molecule has 0 spiro atoms. The third kappa shape index (κ3) is 2.17. The van der Waals surface area contributed by atoms with Crippen molar-refractivity contribution in [2.24, 2.45) is 0 Å². The first-order valence-electron chi connectivity index (χ1n) is 9.27. The first-order chi connectivity index (χ1) is 13.2. The van der Waals surface area contributed by atoms with E-state index in [9.17, 15) is 0 Å². The molecule has 0 saturated heterocycles. The summed E-state index contributed by atoms with van der Waals surface area (Å²) in [6.07, 6.45) is 3.80. The van der Waals surface area contributed by atoms with Crippen LogP contribution in [-0.2, 0) is 20.1 Å². The number of nitrogens with zero attached hydrogens (tertiary/aromatic N) is 2. The molecule has 2 aromatic heterocycles.